The first kappa shape index (κ1) is 11.8. The summed E-state index contributed by atoms with van der Waals surface area (Å²) in [4.78, 5) is 26.4. The second-order valence-corrected chi connectivity index (χ2v) is 5.05. The first-order valence-corrected chi connectivity index (χ1v) is 6.10. The maximum atomic E-state index is 11.5. The van der Waals surface area contributed by atoms with Crippen LogP contribution < -0.4 is 10.6 Å². The Balaban J connectivity index is 1.80. The number of rotatable bonds is 4. The van der Waals surface area contributed by atoms with Crippen LogP contribution in [0, 0.1) is 12.3 Å². The van der Waals surface area contributed by atoms with Gasteiger partial charge in [0.05, 0.1) is 11.1 Å². The SMILES string of the molecule is Cc1csc(NC(=O)NCC2(C(=O)O)CC2)n1. The van der Waals surface area contributed by atoms with Crippen molar-refractivity contribution in [3.8, 4) is 0 Å². The molecule has 6 nitrogen and oxygen atoms in total. The molecule has 3 N–H and O–H groups in total. The minimum atomic E-state index is -0.845. The monoisotopic (exact) mass is 255 g/mol. The van der Waals surface area contributed by atoms with Crippen molar-refractivity contribution >= 4 is 28.5 Å². The van der Waals surface area contributed by atoms with Crippen molar-refractivity contribution in [2.24, 2.45) is 5.41 Å². The fourth-order valence-electron chi connectivity index (χ4n) is 1.42. The predicted molar refractivity (Wildman–Crippen MR) is 63.2 cm³/mol. The van der Waals surface area contributed by atoms with E-state index in [4.69, 9.17) is 5.11 Å². The fraction of sp³-hybridized carbons (Fsp3) is 0.500. The third-order valence-corrected chi connectivity index (χ3v) is 3.61. The van der Waals surface area contributed by atoms with Gasteiger partial charge in [0.1, 0.15) is 0 Å². The Hall–Kier alpha value is -1.63. The number of aliphatic carboxylic acids is 1. The van der Waals surface area contributed by atoms with Gasteiger partial charge < -0.3 is 10.4 Å². The quantitative estimate of drug-likeness (QED) is 0.759. The maximum Gasteiger partial charge on any atom is 0.321 e. The van der Waals surface area contributed by atoms with Crippen LogP contribution in [0.5, 0.6) is 0 Å². The third kappa shape index (κ3) is 2.73. The average molecular weight is 255 g/mol. The summed E-state index contributed by atoms with van der Waals surface area (Å²) in [5.74, 6) is -0.845. The number of carboxylic acid groups (broad SMARTS) is 1. The standard InChI is InChI=1S/C10H13N3O3S/c1-6-4-17-9(12-6)13-8(16)11-5-10(2-3-10)7(14)15/h4H,2-3,5H2,1H3,(H,14,15)(H2,11,12,13,16). The molecule has 0 atom stereocenters. The van der Waals surface area contributed by atoms with E-state index in [1.54, 1.807) is 0 Å². The number of amides is 2. The van der Waals surface area contributed by atoms with Crippen LogP contribution >= 0.6 is 11.3 Å². The van der Waals surface area contributed by atoms with E-state index < -0.39 is 17.4 Å². The number of aromatic nitrogens is 1. The largest absolute Gasteiger partial charge is 0.481 e. The molecule has 1 aliphatic carbocycles. The number of anilines is 1. The number of hydrogen-bond donors (Lipinski definition) is 3. The Morgan fingerprint density at radius 1 is 1.59 bits per heavy atom. The summed E-state index contributed by atoms with van der Waals surface area (Å²) in [5.41, 5.74) is 0.102. The van der Waals surface area contributed by atoms with Crippen molar-refractivity contribution < 1.29 is 14.7 Å². The number of carbonyl (C=O) groups is 2. The van der Waals surface area contributed by atoms with Crippen LogP contribution in [0.15, 0.2) is 5.38 Å². The summed E-state index contributed by atoms with van der Waals surface area (Å²) in [7, 11) is 0. The molecule has 0 aromatic carbocycles. The maximum absolute atomic E-state index is 11.5. The zero-order valence-corrected chi connectivity index (χ0v) is 10.1. The molecule has 1 aliphatic rings. The smallest absolute Gasteiger partial charge is 0.321 e. The molecule has 0 aliphatic heterocycles. The zero-order chi connectivity index (χ0) is 12.5. The number of aryl methyl sites for hydroxylation is 1. The van der Waals surface area contributed by atoms with Crippen molar-refractivity contribution in [1.82, 2.24) is 10.3 Å². The van der Waals surface area contributed by atoms with Gasteiger partial charge in [0, 0.05) is 11.9 Å². The van der Waals surface area contributed by atoms with Crippen LogP contribution in [0.3, 0.4) is 0 Å². The van der Waals surface area contributed by atoms with Crippen molar-refractivity contribution in [3.63, 3.8) is 0 Å². The molecule has 0 saturated heterocycles. The van der Waals surface area contributed by atoms with E-state index in [0.717, 1.165) is 5.69 Å². The highest BCUT2D eigenvalue weighted by molar-refractivity contribution is 7.13. The molecule has 2 amide bonds. The molecule has 1 saturated carbocycles. The van der Waals surface area contributed by atoms with E-state index in [1.807, 2.05) is 12.3 Å². The summed E-state index contributed by atoms with van der Waals surface area (Å²) in [6, 6.07) is -0.410. The lowest BCUT2D eigenvalue weighted by molar-refractivity contribution is -0.143. The second-order valence-electron chi connectivity index (χ2n) is 4.19. The summed E-state index contributed by atoms with van der Waals surface area (Å²) in [6.45, 7) is 2.00. The number of thiazole rings is 1. The molecular weight excluding hydrogens is 242 g/mol. The summed E-state index contributed by atoms with van der Waals surface area (Å²) >= 11 is 1.33. The molecule has 7 heteroatoms. The highest BCUT2D eigenvalue weighted by Crippen LogP contribution is 2.45. The first-order valence-electron chi connectivity index (χ1n) is 5.22. The van der Waals surface area contributed by atoms with Gasteiger partial charge in [-0.15, -0.1) is 11.3 Å². The highest BCUT2D eigenvalue weighted by atomic mass is 32.1. The van der Waals surface area contributed by atoms with E-state index in [1.165, 1.54) is 11.3 Å². The van der Waals surface area contributed by atoms with Gasteiger partial charge in [-0.25, -0.2) is 9.78 Å². The van der Waals surface area contributed by atoms with Gasteiger partial charge in [0.15, 0.2) is 5.13 Å². The van der Waals surface area contributed by atoms with E-state index >= 15 is 0 Å². The zero-order valence-electron chi connectivity index (χ0n) is 9.32. The molecule has 0 bridgehead atoms. The van der Waals surface area contributed by atoms with Gasteiger partial charge >= 0.3 is 12.0 Å². The Morgan fingerprint density at radius 2 is 2.29 bits per heavy atom. The van der Waals surface area contributed by atoms with Gasteiger partial charge in [-0.1, -0.05) is 0 Å². The number of hydrogen-bond acceptors (Lipinski definition) is 4. The molecule has 1 aromatic heterocycles. The van der Waals surface area contributed by atoms with Crippen LogP contribution in [0.4, 0.5) is 9.93 Å². The fourth-order valence-corrected chi connectivity index (χ4v) is 2.10. The molecule has 1 aromatic rings. The molecule has 0 spiro atoms. The molecule has 1 fully saturated rings. The first-order chi connectivity index (χ1) is 8.02. The van der Waals surface area contributed by atoms with Crippen molar-refractivity contribution in [2.75, 3.05) is 11.9 Å². The Labute approximate surface area is 102 Å². The van der Waals surface area contributed by atoms with Crippen LogP contribution in [-0.4, -0.2) is 28.6 Å². The van der Waals surface area contributed by atoms with Crippen LogP contribution in [0.25, 0.3) is 0 Å². The average Bonchev–Trinajstić information content (AvgIpc) is 2.96. The molecule has 17 heavy (non-hydrogen) atoms. The van der Waals surface area contributed by atoms with Gasteiger partial charge in [0.25, 0.3) is 0 Å². The van der Waals surface area contributed by atoms with Crippen LogP contribution in [0.1, 0.15) is 18.5 Å². The van der Waals surface area contributed by atoms with Crippen molar-refractivity contribution in [1.29, 1.82) is 0 Å². The van der Waals surface area contributed by atoms with Gasteiger partial charge in [-0.05, 0) is 19.8 Å². The summed E-state index contributed by atoms with van der Waals surface area (Å²) in [6.07, 6.45) is 1.25. The molecule has 2 rings (SSSR count). The number of nitrogens with one attached hydrogen (secondary N) is 2. The molecule has 0 radical (unpaired) electrons. The van der Waals surface area contributed by atoms with Crippen molar-refractivity contribution in [2.45, 2.75) is 19.8 Å². The van der Waals surface area contributed by atoms with Gasteiger partial charge in [-0.2, -0.15) is 0 Å². The van der Waals surface area contributed by atoms with E-state index in [-0.39, 0.29) is 6.54 Å². The lowest BCUT2D eigenvalue weighted by atomic mass is 10.1. The number of carbonyl (C=O) groups excluding carboxylic acids is 1. The lowest BCUT2D eigenvalue weighted by Gasteiger charge is -2.10. The summed E-state index contributed by atoms with van der Waals surface area (Å²) < 4.78 is 0. The lowest BCUT2D eigenvalue weighted by Crippen LogP contribution is -2.36. The molecule has 92 valence electrons. The van der Waals surface area contributed by atoms with Crippen molar-refractivity contribution in [3.05, 3.63) is 11.1 Å². The minimum absolute atomic E-state index is 0.165. The highest BCUT2D eigenvalue weighted by Gasteiger charge is 2.50. The summed E-state index contributed by atoms with van der Waals surface area (Å²) in [5, 5.41) is 16.4. The van der Waals surface area contributed by atoms with Crippen LogP contribution in [0.2, 0.25) is 0 Å². The van der Waals surface area contributed by atoms with E-state index in [0.29, 0.717) is 18.0 Å². The molecular formula is C10H13N3O3S. The topological polar surface area (TPSA) is 91.3 Å². The Morgan fingerprint density at radius 3 is 2.76 bits per heavy atom. The molecule has 0 unspecified atom stereocenters. The Kier molecular flexibility index (Phi) is 3.01. The van der Waals surface area contributed by atoms with E-state index in [9.17, 15) is 9.59 Å². The van der Waals surface area contributed by atoms with Gasteiger partial charge in [-0.3, -0.25) is 10.1 Å². The third-order valence-electron chi connectivity index (χ3n) is 2.73. The van der Waals surface area contributed by atoms with Crippen LogP contribution in [-0.2, 0) is 4.79 Å². The minimum Gasteiger partial charge on any atom is -0.481 e. The van der Waals surface area contributed by atoms with E-state index in [2.05, 4.69) is 15.6 Å². The number of nitrogens with zero attached hydrogens (tertiary/aromatic N) is 1. The normalized spacial score (nSPS) is 16.3. The number of urea groups is 1. The predicted octanol–water partition coefficient (Wildman–Crippen LogP) is 1.44. The second kappa shape index (κ2) is 4.33. The molecule has 1 heterocycles. The van der Waals surface area contributed by atoms with Gasteiger partial charge in [0.2, 0.25) is 0 Å². The number of carboxylic acids is 1. The Bertz CT molecular complexity index is 453.